The molecule has 6 heteroatoms. The Morgan fingerprint density at radius 1 is 1.39 bits per heavy atom. The molecule has 0 spiro atoms. The van der Waals surface area contributed by atoms with E-state index >= 15 is 0 Å². The fourth-order valence-electron chi connectivity index (χ4n) is 1.75. The lowest BCUT2D eigenvalue weighted by molar-refractivity contribution is 0.418. The Morgan fingerprint density at radius 2 is 2.06 bits per heavy atom. The molecule has 1 unspecified atom stereocenters. The third-order valence-electron chi connectivity index (χ3n) is 2.66. The number of hydrogen-bond donors (Lipinski definition) is 4. The van der Waals surface area contributed by atoms with Crippen molar-refractivity contribution < 1.29 is 10.2 Å². The molecule has 1 aromatic carbocycles. The maximum atomic E-state index is 11.0. The van der Waals surface area contributed by atoms with Gasteiger partial charge in [-0.1, -0.05) is 17.4 Å². The van der Waals surface area contributed by atoms with Gasteiger partial charge in [-0.2, -0.15) is 0 Å². The molecule has 18 heavy (non-hydrogen) atoms. The van der Waals surface area contributed by atoms with E-state index in [9.17, 15) is 15.0 Å². The smallest absolute Gasteiger partial charge is 0.304 e. The van der Waals surface area contributed by atoms with Gasteiger partial charge in [0.1, 0.15) is 11.5 Å². The number of rotatable bonds is 4. The summed E-state index contributed by atoms with van der Waals surface area (Å²) in [5, 5.41) is 24.3. The van der Waals surface area contributed by atoms with Crippen LogP contribution >= 0.6 is 11.3 Å². The molecule has 0 radical (unpaired) electrons. The van der Waals surface area contributed by atoms with E-state index in [0.717, 1.165) is 17.0 Å². The van der Waals surface area contributed by atoms with Crippen LogP contribution in [0.4, 0.5) is 0 Å². The van der Waals surface area contributed by atoms with Gasteiger partial charge in [0, 0.05) is 23.7 Å². The Morgan fingerprint density at radius 3 is 2.61 bits per heavy atom. The average Bonchev–Trinajstić information content (AvgIpc) is 2.72. The third-order valence-corrected chi connectivity index (χ3v) is 3.38. The summed E-state index contributed by atoms with van der Waals surface area (Å²) >= 11 is 1.11. The number of thiazole rings is 1. The van der Waals surface area contributed by atoms with Gasteiger partial charge in [0.25, 0.3) is 0 Å². The van der Waals surface area contributed by atoms with Crippen LogP contribution in [0.3, 0.4) is 0 Å². The molecule has 4 N–H and O–H groups in total. The molecule has 2 rings (SSSR count). The maximum absolute atomic E-state index is 11.0. The monoisotopic (exact) mass is 266 g/mol. The van der Waals surface area contributed by atoms with E-state index in [0.29, 0.717) is 12.1 Å². The minimum Gasteiger partial charge on any atom is -0.507 e. The summed E-state index contributed by atoms with van der Waals surface area (Å²) in [4.78, 5) is 13.6. The van der Waals surface area contributed by atoms with Gasteiger partial charge in [-0.25, -0.2) is 0 Å². The zero-order valence-electron chi connectivity index (χ0n) is 9.80. The first kappa shape index (κ1) is 12.7. The molecule has 0 amide bonds. The zero-order chi connectivity index (χ0) is 13.1. The van der Waals surface area contributed by atoms with Gasteiger partial charge < -0.3 is 20.5 Å². The Hall–Kier alpha value is -1.79. The summed E-state index contributed by atoms with van der Waals surface area (Å²) in [5.41, 5.74) is 1.24. The largest absolute Gasteiger partial charge is 0.507 e. The zero-order valence-corrected chi connectivity index (χ0v) is 10.6. The Bertz CT molecular complexity index is 571. The van der Waals surface area contributed by atoms with E-state index in [1.54, 1.807) is 11.4 Å². The molecule has 96 valence electrons. The first-order valence-corrected chi connectivity index (χ1v) is 6.37. The van der Waals surface area contributed by atoms with Crippen LogP contribution in [0, 0.1) is 0 Å². The van der Waals surface area contributed by atoms with Gasteiger partial charge in [-0.15, -0.1) is 0 Å². The lowest BCUT2D eigenvalue weighted by Gasteiger charge is -2.16. The molecular formula is C12H14N2O3S. The van der Waals surface area contributed by atoms with Crippen molar-refractivity contribution in [2.24, 2.45) is 0 Å². The summed E-state index contributed by atoms with van der Waals surface area (Å²) in [6.45, 7) is 2.30. The highest BCUT2D eigenvalue weighted by molar-refractivity contribution is 7.07. The molecule has 0 aliphatic rings. The van der Waals surface area contributed by atoms with Crippen LogP contribution in [0.15, 0.2) is 28.4 Å². The van der Waals surface area contributed by atoms with Crippen LogP contribution < -0.4 is 10.2 Å². The first-order valence-electron chi connectivity index (χ1n) is 5.49. The number of phenolic OH excluding ortho intramolecular Hbond substituents is 2. The number of phenols is 2. The quantitative estimate of drug-likeness (QED) is 0.678. The van der Waals surface area contributed by atoms with Crippen LogP contribution in [0.1, 0.15) is 24.2 Å². The minimum absolute atomic E-state index is 0.0498. The van der Waals surface area contributed by atoms with Crippen molar-refractivity contribution in [3.05, 3.63) is 44.5 Å². The van der Waals surface area contributed by atoms with Crippen molar-refractivity contribution in [1.29, 1.82) is 0 Å². The molecule has 0 saturated heterocycles. The lowest BCUT2D eigenvalue weighted by atomic mass is 10.1. The van der Waals surface area contributed by atoms with Crippen LogP contribution in [0.2, 0.25) is 0 Å². The fraction of sp³-hybridized carbons (Fsp3) is 0.250. The molecular weight excluding hydrogens is 252 g/mol. The van der Waals surface area contributed by atoms with Gasteiger partial charge >= 0.3 is 4.87 Å². The molecule has 0 saturated carbocycles. The van der Waals surface area contributed by atoms with Crippen molar-refractivity contribution in [2.45, 2.75) is 19.5 Å². The van der Waals surface area contributed by atoms with Crippen LogP contribution in [0.25, 0.3) is 0 Å². The molecule has 1 aromatic heterocycles. The summed E-state index contributed by atoms with van der Waals surface area (Å²) < 4.78 is 0. The summed E-state index contributed by atoms with van der Waals surface area (Å²) in [6, 6.07) is 4.41. The number of aromatic amines is 1. The predicted octanol–water partition coefficient (Wildman–Crippen LogP) is 1.70. The standard InChI is InChI=1S/C12H14N2O3S/c1-7(11-9(15)3-2-4-10(11)16)13-5-8-6-18-12(17)14-8/h2-4,6-7,13,15-16H,5H2,1H3,(H,14,17). The van der Waals surface area contributed by atoms with Crippen molar-refractivity contribution in [2.75, 3.05) is 0 Å². The van der Waals surface area contributed by atoms with Gasteiger partial charge in [0.2, 0.25) is 0 Å². The molecule has 0 aliphatic carbocycles. The number of hydrogen-bond acceptors (Lipinski definition) is 5. The molecule has 1 heterocycles. The molecule has 2 aromatic rings. The van der Waals surface area contributed by atoms with Gasteiger partial charge in [0.05, 0.1) is 5.56 Å². The van der Waals surface area contributed by atoms with E-state index in [-0.39, 0.29) is 22.4 Å². The molecule has 0 fully saturated rings. The normalized spacial score (nSPS) is 12.5. The van der Waals surface area contributed by atoms with E-state index < -0.39 is 0 Å². The van der Waals surface area contributed by atoms with E-state index in [2.05, 4.69) is 10.3 Å². The fourth-order valence-corrected chi connectivity index (χ4v) is 2.33. The Labute approximate surface area is 108 Å². The predicted molar refractivity (Wildman–Crippen MR) is 70.0 cm³/mol. The number of H-pyrrole nitrogens is 1. The van der Waals surface area contributed by atoms with Crippen molar-refractivity contribution in [1.82, 2.24) is 10.3 Å². The second-order valence-electron chi connectivity index (χ2n) is 3.99. The topological polar surface area (TPSA) is 85.4 Å². The maximum Gasteiger partial charge on any atom is 0.304 e. The van der Waals surface area contributed by atoms with Crippen molar-refractivity contribution in [3.63, 3.8) is 0 Å². The van der Waals surface area contributed by atoms with Crippen LogP contribution in [0.5, 0.6) is 11.5 Å². The third kappa shape index (κ3) is 2.72. The van der Waals surface area contributed by atoms with Gasteiger partial charge in [-0.05, 0) is 19.1 Å². The molecule has 0 aliphatic heterocycles. The molecule has 0 bridgehead atoms. The Kier molecular flexibility index (Phi) is 3.69. The van der Waals surface area contributed by atoms with Crippen LogP contribution in [-0.4, -0.2) is 15.2 Å². The number of aromatic hydroxyl groups is 2. The minimum atomic E-state index is -0.227. The Balaban J connectivity index is 2.08. The highest BCUT2D eigenvalue weighted by atomic mass is 32.1. The van der Waals surface area contributed by atoms with Gasteiger partial charge in [-0.3, -0.25) is 4.79 Å². The van der Waals surface area contributed by atoms with Crippen molar-refractivity contribution in [3.8, 4) is 11.5 Å². The summed E-state index contributed by atoms with van der Waals surface area (Å²) in [5.74, 6) is 0.0997. The second kappa shape index (κ2) is 5.24. The SMILES string of the molecule is CC(NCc1csc(=O)[nH]1)c1c(O)cccc1O. The lowest BCUT2D eigenvalue weighted by Crippen LogP contribution is -2.19. The summed E-state index contributed by atoms with van der Waals surface area (Å²) in [7, 11) is 0. The number of benzene rings is 1. The summed E-state index contributed by atoms with van der Waals surface area (Å²) in [6.07, 6.45) is 0. The highest BCUT2D eigenvalue weighted by Gasteiger charge is 2.14. The van der Waals surface area contributed by atoms with Gasteiger partial charge in [0.15, 0.2) is 0 Å². The first-order chi connectivity index (χ1) is 8.58. The highest BCUT2D eigenvalue weighted by Crippen LogP contribution is 2.32. The number of nitrogens with one attached hydrogen (secondary N) is 2. The molecule has 5 nitrogen and oxygen atoms in total. The average molecular weight is 266 g/mol. The van der Waals surface area contributed by atoms with E-state index in [4.69, 9.17) is 0 Å². The van der Waals surface area contributed by atoms with Crippen molar-refractivity contribution >= 4 is 11.3 Å². The van der Waals surface area contributed by atoms with Crippen LogP contribution in [-0.2, 0) is 6.54 Å². The molecule has 1 atom stereocenters. The number of aromatic nitrogens is 1. The van der Waals surface area contributed by atoms with E-state index in [1.165, 1.54) is 12.1 Å². The second-order valence-corrected chi connectivity index (χ2v) is 4.83. The van der Waals surface area contributed by atoms with E-state index in [1.807, 2.05) is 6.92 Å².